The summed E-state index contributed by atoms with van der Waals surface area (Å²) < 4.78 is 4.86. The quantitative estimate of drug-likeness (QED) is 0.326. The number of amides is 1. The number of ether oxygens (including phenoxy) is 1. The van der Waals surface area contributed by atoms with Gasteiger partial charge in [0.2, 0.25) is 5.91 Å². The van der Waals surface area contributed by atoms with Crippen molar-refractivity contribution in [3.63, 3.8) is 0 Å². The number of nitrogens with zero attached hydrogens (tertiary/aromatic N) is 1. The number of nitrogens with two attached hydrogens (primary N) is 1. The van der Waals surface area contributed by atoms with Crippen LogP contribution in [0.3, 0.4) is 0 Å². The van der Waals surface area contributed by atoms with Crippen molar-refractivity contribution in [3.05, 3.63) is 11.3 Å². The van der Waals surface area contributed by atoms with E-state index in [9.17, 15) is 29.1 Å². The molecule has 2 rings (SSSR count). The normalized spacial score (nSPS) is 22.2. The van der Waals surface area contributed by atoms with Crippen molar-refractivity contribution in [3.8, 4) is 0 Å². The lowest BCUT2D eigenvalue weighted by Gasteiger charge is -2.49. The van der Waals surface area contributed by atoms with E-state index in [0.29, 0.717) is 12.0 Å². The Morgan fingerprint density at radius 1 is 1.32 bits per heavy atom. The third kappa shape index (κ3) is 4.90. The highest BCUT2D eigenvalue weighted by Crippen LogP contribution is 2.45. The molecule has 2 aliphatic heterocycles. The molecule has 1 fully saturated rings. The molecule has 0 aromatic carbocycles. The van der Waals surface area contributed by atoms with Gasteiger partial charge >= 0.3 is 17.9 Å². The molecular formula is C17H22N2O8S. The lowest BCUT2D eigenvalue weighted by Crippen LogP contribution is -2.62. The number of β-lactam (4-membered cyclic amide) rings is 1. The van der Waals surface area contributed by atoms with Crippen molar-refractivity contribution in [2.75, 3.05) is 12.4 Å². The van der Waals surface area contributed by atoms with Crippen LogP contribution in [0.1, 0.15) is 32.6 Å². The summed E-state index contributed by atoms with van der Waals surface area (Å²) in [4.78, 5) is 59.0. The van der Waals surface area contributed by atoms with Gasteiger partial charge in [-0.05, 0) is 12.8 Å². The number of aliphatic carboxylic acids is 2. The zero-order valence-electron chi connectivity index (χ0n) is 15.3. The van der Waals surface area contributed by atoms with Crippen LogP contribution in [0, 0.1) is 5.92 Å². The van der Waals surface area contributed by atoms with Crippen LogP contribution in [0.2, 0.25) is 0 Å². The van der Waals surface area contributed by atoms with Gasteiger partial charge in [0, 0.05) is 31.1 Å². The summed E-state index contributed by atoms with van der Waals surface area (Å²) in [6.07, 6.45) is 0.555. The van der Waals surface area contributed by atoms with E-state index in [1.807, 2.05) is 0 Å². The summed E-state index contributed by atoms with van der Waals surface area (Å²) in [5.74, 6) is -3.95. The minimum Gasteiger partial charge on any atom is -0.480 e. The van der Waals surface area contributed by atoms with E-state index in [-0.39, 0.29) is 43.1 Å². The van der Waals surface area contributed by atoms with E-state index in [2.05, 4.69) is 0 Å². The fourth-order valence-corrected chi connectivity index (χ4v) is 4.50. The number of Topliss-reactive ketones (excluding diaryl/α,β-unsaturated/α-hetero) is 1. The first-order valence-electron chi connectivity index (χ1n) is 8.67. The third-order valence-corrected chi connectivity index (χ3v) is 5.94. The first-order valence-corrected chi connectivity index (χ1v) is 9.71. The van der Waals surface area contributed by atoms with Crippen LogP contribution >= 0.6 is 11.8 Å². The van der Waals surface area contributed by atoms with Crippen molar-refractivity contribution in [2.45, 2.75) is 44.0 Å². The number of ketones is 1. The number of hydrogen-bond acceptors (Lipinski definition) is 8. The second-order valence-corrected chi connectivity index (χ2v) is 7.74. The lowest BCUT2D eigenvalue weighted by atomic mass is 9.89. The van der Waals surface area contributed by atoms with Crippen molar-refractivity contribution < 1.29 is 38.9 Å². The second kappa shape index (κ2) is 9.20. The van der Waals surface area contributed by atoms with Crippen molar-refractivity contribution in [1.82, 2.24) is 4.90 Å². The van der Waals surface area contributed by atoms with E-state index in [1.165, 1.54) is 18.7 Å². The molecule has 0 bridgehead atoms. The van der Waals surface area contributed by atoms with Gasteiger partial charge in [0.05, 0.1) is 11.3 Å². The van der Waals surface area contributed by atoms with E-state index < -0.39 is 41.1 Å². The molecule has 0 spiro atoms. The summed E-state index contributed by atoms with van der Waals surface area (Å²) in [5.41, 5.74) is 5.53. The van der Waals surface area contributed by atoms with Gasteiger partial charge in [0.15, 0.2) is 0 Å². The van der Waals surface area contributed by atoms with E-state index in [0.717, 1.165) is 4.90 Å². The fraction of sp³-hybridized carbons (Fsp3) is 0.588. The minimum absolute atomic E-state index is 0.0263. The van der Waals surface area contributed by atoms with Crippen LogP contribution in [-0.4, -0.2) is 68.5 Å². The lowest BCUT2D eigenvalue weighted by molar-refractivity contribution is -0.154. The average Bonchev–Trinajstić information content (AvgIpc) is 2.62. The maximum atomic E-state index is 12.5. The first kappa shape index (κ1) is 21.9. The highest BCUT2D eigenvalue weighted by molar-refractivity contribution is 8.00. The zero-order valence-corrected chi connectivity index (χ0v) is 16.1. The minimum atomic E-state index is -1.28. The van der Waals surface area contributed by atoms with Gasteiger partial charge in [-0.15, -0.1) is 11.8 Å². The summed E-state index contributed by atoms with van der Waals surface area (Å²) >= 11 is 1.32. The van der Waals surface area contributed by atoms with Gasteiger partial charge in [0.25, 0.3) is 0 Å². The molecule has 3 atom stereocenters. The Labute approximate surface area is 165 Å². The molecule has 2 heterocycles. The molecule has 0 aliphatic carbocycles. The maximum absolute atomic E-state index is 12.5. The number of thioether (sulfide) groups is 1. The molecule has 0 unspecified atom stereocenters. The number of carbonyl (C=O) groups is 5. The van der Waals surface area contributed by atoms with Crippen LogP contribution in [0.15, 0.2) is 11.3 Å². The van der Waals surface area contributed by atoms with Crippen LogP contribution in [0.4, 0.5) is 0 Å². The Kier molecular flexibility index (Phi) is 7.19. The number of carbonyl (C=O) groups excluding carboxylic acids is 3. The molecule has 154 valence electrons. The van der Waals surface area contributed by atoms with Crippen LogP contribution in [0.25, 0.3) is 0 Å². The SMILES string of the molecule is CC(=O)OCC1=C(C(=O)O)N2C(=O)[C@@H](CC(=O)CCC[C@@H](N)C(=O)O)[C@H]2SC1. The predicted octanol–water partition coefficient (Wildman–Crippen LogP) is -0.0391. The Morgan fingerprint density at radius 2 is 2.00 bits per heavy atom. The number of carboxylic acid groups (broad SMARTS) is 2. The number of esters is 1. The van der Waals surface area contributed by atoms with E-state index >= 15 is 0 Å². The topological polar surface area (TPSA) is 164 Å². The average molecular weight is 414 g/mol. The zero-order chi connectivity index (χ0) is 21.0. The Morgan fingerprint density at radius 3 is 2.57 bits per heavy atom. The van der Waals surface area contributed by atoms with Crippen LogP contribution in [-0.2, 0) is 28.7 Å². The summed E-state index contributed by atoms with van der Waals surface area (Å²) in [5, 5.41) is 17.7. The van der Waals surface area contributed by atoms with Crippen LogP contribution in [0.5, 0.6) is 0 Å². The monoisotopic (exact) mass is 414 g/mol. The van der Waals surface area contributed by atoms with Crippen molar-refractivity contribution >= 4 is 41.4 Å². The number of rotatable bonds is 10. The number of carboxylic acids is 2. The largest absolute Gasteiger partial charge is 0.480 e. The third-order valence-electron chi connectivity index (χ3n) is 4.55. The van der Waals surface area contributed by atoms with Crippen molar-refractivity contribution in [1.29, 1.82) is 0 Å². The van der Waals surface area contributed by atoms with Gasteiger partial charge in [0.1, 0.15) is 24.1 Å². The molecule has 28 heavy (non-hydrogen) atoms. The Balaban J connectivity index is 1.96. The van der Waals surface area contributed by atoms with Gasteiger partial charge in [-0.25, -0.2) is 4.79 Å². The molecule has 0 radical (unpaired) electrons. The highest BCUT2D eigenvalue weighted by atomic mass is 32.2. The smallest absolute Gasteiger partial charge is 0.352 e. The van der Waals surface area contributed by atoms with Crippen LogP contribution < -0.4 is 5.73 Å². The summed E-state index contributed by atoms with van der Waals surface area (Å²) in [7, 11) is 0. The highest BCUT2D eigenvalue weighted by Gasteiger charge is 2.53. The molecule has 1 amide bonds. The summed E-state index contributed by atoms with van der Waals surface area (Å²) in [6, 6.07) is -1.03. The van der Waals surface area contributed by atoms with E-state index in [1.54, 1.807) is 0 Å². The Hall–Kier alpha value is -2.40. The molecule has 1 saturated heterocycles. The molecular weight excluding hydrogens is 392 g/mol. The molecule has 10 nitrogen and oxygen atoms in total. The number of hydrogen-bond donors (Lipinski definition) is 3. The van der Waals surface area contributed by atoms with Crippen molar-refractivity contribution in [2.24, 2.45) is 11.7 Å². The molecule has 11 heteroatoms. The van der Waals surface area contributed by atoms with Gasteiger partial charge in [-0.2, -0.15) is 0 Å². The molecule has 4 N–H and O–H groups in total. The molecule has 0 saturated carbocycles. The molecule has 2 aliphatic rings. The Bertz CT molecular complexity index is 735. The summed E-state index contributed by atoms with van der Waals surface area (Å²) in [6.45, 7) is 1.01. The fourth-order valence-electron chi connectivity index (χ4n) is 3.11. The predicted molar refractivity (Wildman–Crippen MR) is 97.0 cm³/mol. The standard InChI is InChI=1S/C17H22N2O8S/c1-8(20)27-6-9-7-28-15-11(14(22)19(15)13(9)17(25)26)5-10(21)3-2-4-12(18)16(23)24/h11-12,15H,2-7,18H2,1H3,(H,23,24)(H,25,26)/t11-,12-,15-/m1/s1. The number of fused-ring (bicyclic) bond motifs is 1. The first-order chi connectivity index (χ1) is 13.1. The maximum Gasteiger partial charge on any atom is 0.352 e. The van der Waals surface area contributed by atoms with E-state index in [4.69, 9.17) is 15.6 Å². The molecule has 0 aromatic rings. The second-order valence-electron chi connectivity index (χ2n) is 6.63. The van der Waals surface area contributed by atoms with Gasteiger partial charge in [-0.3, -0.25) is 24.1 Å². The van der Waals surface area contributed by atoms with Gasteiger partial charge in [-0.1, -0.05) is 0 Å². The van der Waals surface area contributed by atoms with Gasteiger partial charge < -0.3 is 20.7 Å². The molecule has 0 aromatic heterocycles.